The van der Waals surface area contributed by atoms with Crippen LogP contribution in [0.25, 0.3) is 6.08 Å². The van der Waals surface area contributed by atoms with Gasteiger partial charge in [0.1, 0.15) is 0 Å². The molecular formula is C12H13F2N. The smallest absolute Gasteiger partial charge is 0.168 e. The number of hydrogen-bond acceptors (Lipinski definition) is 1. The molecule has 0 spiro atoms. The predicted octanol–water partition coefficient (Wildman–Crippen LogP) is 2.99. The Morgan fingerprint density at radius 2 is 2.20 bits per heavy atom. The first-order valence-electron chi connectivity index (χ1n) is 4.99. The molecule has 0 N–H and O–H groups in total. The largest absolute Gasteiger partial charge is 0.374 e. The first kappa shape index (κ1) is 10.1. The van der Waals surface area contributed by atoms with Crippen LogP contribution >= 0.6 is 0 Å². The van der Waals surface area contributed by atoms with E-state index < -0.39 is 11.6 Å². The number of aryl methyl sites for hydroxylation is 1. The van der Waals surface area contributed by atoms with E-state index in [1.807, 2.05) is 11.9 Å². The number of fused-ring (bicyclic) bond motifs is 1. The second kappa shape index (κ2) is 3.65. The van der Waals surface area contributed by atoms with E-state index in [9.17, 15) is 8.78 Å². The number of benzene rings is 1. The molecule has 0 bridgehead atoms. The maximum atomic E-state index is 13.5. The van der Waals surface area contributed by atoms with Crippen molar-refractivity contribution in [2.24, 2.45) is 0 Å². The molecule has 0 fully saturated rings. The fraction of sp³-hybridized carbons (Fsp3) is 0.333. The van der Waals surface area contributed by atoms with Gasteiger partial charge in [0.2, 0.25) is 0 Å². The zero-order valence-electron chi connectivity index (χ0n) is 8.69. The van der Waals surface area contributed by atoms with E-state index in [1.54, 1.807) is 0 Å². The summed E-state index contributed by atoms with van der Waals surface area (Å²) in [6, 6.07) is 1.30. The number of halogens is 2. The summed E-state index contributed by atoms with van der Waals surface area (Å²) in [6.07, 6.45) is 3.17. The van der Waals surface area contributed by atoms with Gasteiger partial charge in [0.05, 0.1) is 5.69 Å². The molecule has 0 aromatic heterocycles. The molecule has 0 aliphatic carbocycles. The van der Waals surface area contributed by atoms with Crippen molar-refractivity contribution < 1.29 is 8.78 Å². The van der Waals surface area contributed by atoms with Crippen molar-refractivity contribution >= 4 is 11.8 Å². The Bertz CT molecular complexity index is 413. The normalized spacial score (nSPS) is 15.0. The summed E-state index contributed by atoms with van der Waals surface area (Å²) in [4.78, 5) is 1.96. The fourth-order valence-electron chi connectivity index (χ4n) is 2.14. The summed E-state index contributed by atoms with van der Waals surface area (Å²) in [6.45, 7) is 4.42. The molecule has 1 aromatic rings. The summed E-state index contributed by atoms with van der Waals surface area (Å²) in [5, 5.41) is 0. The average molecular weight is 209 g/mol. The highest BCUT2D eigenvalue weighted by Crippen LogP contribution is 2.33. The lowest BCUT2D eigenvalue weighted by Gasteiger charge is -2.29. The van der Waals surface area contributed by atoms with Crippen LogP contribution in [0.2, 0.25) is 0 Å². The van der Waals surface area contributed by atoms with Gasteiger partial charge in [0, 0.05) is 19.2 Å². The highest BCUT2D eigenvalue weighted by molar-refractivity contribution is 5.71. The molecule has 0 radical (unpaired) electrons. The highest BCUT2D eigenvalue weighted by Gasteiger charge is 2.21. The van der Waals surface area contributed by atoms with Gasteiger partial charge in [-0.15, -0.1) is 0 Å². The van der Waals surface area contributed by atoms with Gasteiger partial charge in [-0.25, -0.2) is 8.78 Å². The highest BCUT2D eigenvalue weighted by atomic mass is 19.2. The van der Waals surface area contributed by atoms with Crippen LogP contribution < -0.4 is 4.90 Å². The molecule has 0 amide bonds. The van der Waals surface area contributed by atoms with Gasteiger partial charge in [-0.05, 0) is 24.5 Å². The number of hydrogen-bond donors (Lipinski definition) is 0. The lowest BCUT2D eigenvalue weighted by atomic mass is 9.97. The summed E-state index contributed by atoms with van der Waals surface area (Å²) >= 11 is 0. The van der Waals surface area contributed by atoms with Crippen LogP contribution in [0.15, 0.2) is 12.6 Å². The maximum absolute atomic E-state index is 13.5. The van der Waals surface area contributed by atoms with Crippen LogP contribution in [0, 0.1) is 11.6 Å². The molecule has 80 valence electrons. The van der Waals surface area contributed by atoms with Gasteiger partial charge < -0.3 is 4.90 Å². The molecule has 1 heterocycles. The van der Waals surface area contributed by atoms with Crippen molar-refractivity contribution in [3.8, 4) is 0 Å². The van der Waals surface area contributed by atoms with Gasteiger partial charge >= 0.3 is 0 Å². The third kappa shape index (κ3) is 1.52. The van der Waals surface area contributed by atoms with E-state index in [4.69, 9.17) is 0 Å². The van der Waals surface area contributed by atoms with E-state index in [-0.39, 0.29) is 5.56 Å². The SMILES string of the molecule is C=Cc1c(F)c(F)cc2c1N(C)CCC2. The molecule has 1 aliphatic heterocycles. The third-order valence-electron chi connectivity index (χ3n) is 2.83. The van der Waals surface area contributed by atoms with Gasteiger partial charge in [-0.3, -0.25) is 0 Å². The summed E-state index contributed by atoms with van der Waals surface area (Å²) in [7, 11) is 1.89. The van der Waals surface area contributed by atoms with Crippen LogP contribution in [-0.2, 0) is 6.42 Å². The molecule has 1 aromatic carbocycles. The van der Waals surface area contributed by atoms with Crippen LogP contribution in [0.4, 0.5) is 14.5 Å². The van der Waals surface area contributed by atoms with E-state index in [0.29, 0.717) is 0 Å². The summed E-state index contributed by atoms with van der Waals surface area (Å²) < 4.78 is 26.7. The predicted molar refractivity (Wildman–Crippen MR) is 58.0 cm³/mol. The Balaban J connectivity index is 2.70. The maximum Gasteiger partial charge on any atom is 0.168 e. The second-order valence-corrected chi connectivity index (χ2v) is 3.82. The molecule has 2 rings (SSSR count). The monoisotopic (exact) mass is 209 g/mol. The number of anilines is 1. The zero-order chi connectivity index (χ0) is 11.0. The molecule has 0 atom stereocenters. The van der Waals surface area contributed by atoms with Crippen molar-refractivity contribution in [3.63, 3.8) is 0 Å². The quantitative estimate of drug-likeness (QED) is 0.687. The molecular weight excluding hydrogens is 196 g/mol. The summed E-state index contributed by atoms with van der Waals surface area (Å²) in [5.74, 6) is -1.57. The minimum absolute atomic E-state index is 0.284. The van der Waals surface area contributed by atoms with Crippen LogP contribution in [0.1, 0.15) is 17.5 Å². The van der Waals surface area contributed by atoms with Crippen molar-refractivity contribution in [3.05, 3.63) is 35.4 Å². The van der Waals surface area contributed by atoms with Crippen molar-refractivity contribution in [1.29, 1.82) is 0 Å². The molecule has 3 heteroatoms. The Labute approximate surface area is 88.0 Å². The molecule has 15 heavy (non-hydrogen) atoms. The van der Waals surface area contributed by atoms with Crippen LogP contribution in [0.5, 0.6) is 0 Å². The molecule has 1 aliphatic rings. The Morgan fingerprint density at radius 1 is 1.47 bits per heavy atom. The Hall–Kier alpha value is -1.38. The third-order valence-corrected chi connectivity index (χ3v) is 2.83. The minimum Gasteiger partial charge on any atom is -0.374 e. The van der Waals surface area contributed by atoms with Gasteiger partial charge in [0.15, 0.2) is 11.6 Å². The standard InChI is InChI=1S/C12H13F2N/c1-3-9-11(14)10(13)7-8-5-4-6-15(2)12(8)9/h3,7H,1,4-6H2,2H3. The molecule has 0 saturated carbocycles. The first-order chi connectivity index (χ1) is 7.15. The van der Waals surface area contributed by atoms with E-state index in [2.05, 4.69) is 6.58 Å². The minimum atomic E-state index is -0.794. The number of rotatable bonds is 1. The van der Waals surface area contributed by atoms with Gasteiger partial charge in [-0.2, -0.15) is 0 Å². The van der Waals surface area contributed by atoms with E-state index >= 15 is 0 Å². The number of nitrogens with zero attached hydrogens (tertiary/aromatic N) is 1. The molecule has 0 saturated heterocycles. The lowest BCUT2D eigenvalue weighted by molar-refractivity contribution is 0.503. The van der Waals surface area contributed by atoms with Gasteiger partial charge in [0.25, 0.3) is 0 Å². The summed E-state index contributed by atoms with van der Waals surface area (Å²) in [5.41, 5.74) is 1.94. The van der Waals surface area contributed by atoms with E-state index in [1.165, 1.54) is 12.1 Å². The molecule has 1 nitrogen and oxygen atoms in total. The van der Waals surface area contributed by atoms with Gasteiger partial charge in [-0.1, -0.05) is 12.7 Å². The first-order valence-corrected chi connectivity index (χ1v) is 4.99. The Morgan fingerprint density at radius 3 is 2.87 bits per heavy atom. The Kier molecular flexibility index (Phi) is 2.47. The lowest BCUT2D eigenvalue weighted by Crippen LogP contribution is -2.26. The van der Waals surface area contributed by atoms with Crippen molar-refractivity contribution in [1.82, 2.24) is 0 Å². The van der Waals surface area contributed by atoms with E-state index in [0.717, 1.165) is 30.6 Å². The van der Waals surface area contributed by atoms with Crippen molar-refractivity contribution in [2.45, 2.75) is 12.8 Å². The second-order valence-electron chi connectivity index (χ2n) is 3.82. The topological polar surface area (TPSA) is 3.24 Å². The van der Waals surface area contributed by atoms with Crippen LogP contribution in [0.3, 0.4) is 0 Å². The zero-order valence-corrected chi connectivity index (χ0v) is 8.69. The van der Waals surface area contributed by atoms with Crippen LogP contribution in [-0.4, -0.2) is 13.6 Å². The van der Waals surface area contributed by atoms with Crippen molar-refractivity contribution in [2.75, 3.05) is 18.5 Å². The fourth-order valence-corrected chi connectivity index (χ4v) is 2.14. The molecule has 0 unspecified atom stereocenters. The average Bonchev–Trinajstić information content (AvgIpc) is 2.21.